The molecule has 0 spiro atoms. The highest BCUT2D eigenvalue weighted by Gasteiger charge is 2.14. The first-order valence-corrected chi connectivity index (χ1v) is 4.04. The summed E-state index contributed by atoms with van der Waals surface area (Å²) in [7, 11) is 3.08. The molecule has 0 aliphatic heterocycles. The third-order valence-corrected chi connectivity index (χ3v) is 1.79. The third-order valence-electron chi connectivity index (χ3n) is 1.45. The molecule has 0 atom stereocenters. The van der Waals surface area contributed by atoms with Crippen LogP contribution in [0, 0.1) is 0 Å². The summed E-state index contributed by atoms with van der Waals surface area (Å²) < 4.78 is 6.11. The van der Waals surface area contributed by atoms with Crippen molar-refractivity contribution >= 4 is 18.6 Å². The van der Waals surface area contributed by atoms with Crippen LogP contribution in [0.25, 0.3) is 0 Å². The maximum absolute atomic E-state index is 11.1. The molecule has 0 amide bonds. The second kappa shape index (κ2) is 3.62. The molecule has 0 bridgehead atoms. The van der Waals surface area contributed by atoms with E-state index >= 15 is 0 Å². The molecule has 0 unspecified atom stereocenters. The number of hydrogen-bond acceptors (Lipinski definition) is 4. The number of carbonyl (C=O) groups is 1. The molecule has 0 fully saturated rings. The Morgan fingerprint density at radius 3 is 3.00 bits per heavy atom. The van der Waals surface area contributed by atoms with Crippen LogP contribution < -0.4 is 0 Å². The van der Waals surface area contributed by atoms with Gasteiger partial charge in [0.1, 0.15) is 0 Å². The average Bonchev–Trinajstić information content (AvgIpc) is 2.45. The zero-order valence-corrected chi connectivity index (χ0v) is 7.84. The van der Waals surface area contributed by atoms with E-state index in [2.05, 4.69) is 22.5 Å². The molecule has 0 radical (unpaired) electrons. The third kappa shape index (κ3) is 1.61. The van der Waals surface area contributed by atoms with Gasteiger partial charge in [-0.05, 0) is 0 Å². The predicted octanol–water partition coefficient (Wildman–Crippen LogP) is 0.636. The summed E-state index contributed by atoms with van der Waals surface area (Å²) in [4.78, 5) is 11.1. The number of carbonyl (C=O) groups excluding carboxylic acids is 1. The van der Waals surface area contributed by atoms with E-state index in [0.717, 1.165) is 5.56 Å². The van der Waals surface area contributed by atoms with Gasteiger partial charge in [-0.1, -0.05) is 0 Å². The highest BCUT2D eigenvalue weighted by Crippen LogP contribution is 2.09. The molecule has 0 saturated carbocycles. The van der Waals surface area contributed by atoms with Gasteiger partial charge in [-0.2, -0.15) is 17.7 Å². The molecule has 0 N–H and O–H groups in total. The van der Waals surface area contributed by atoms with Crippen LogP contribution >= 0.6 is 12.6 Å². The van der Waals surface area contributed by atoms with Crippen molar-refractivity contribution in [1.82, 2.24) is 9.78 Å². The summed E-state index contributed by atoms with van der Waals surface area (Å²) in [5.74, 6) is 0.0674. The molecule has 0 saturated heterocycles. The van der Waals surface area contributed by atoms with E-state index in [4.69, 9.17) is 0 Å². The van der Waals surface area contributed by atoms with Crippen LogP contribution in [0.2, 0.25) is 0 Å². The number of thiol groups is 1. The summed E-state index contributed by atoms with van der Waals surface area (Å²) >= 11 is 4.07. The van der Waals surface area contributed by atoms with Gasteiger partial charge in [0.25, 0.3) is 0 Å². The van der Waals surface area contributed by atoms with Gasteiger partial charge >= 0.3 is 5.97 Å². The van der Waals surface area contributed by atoms with Crippen molar-refractivity contribution in [2.45, 2.75) is 5.75 Å². The number of rotatable bonds is 2. The molecular weight excluding hydrogens is 176 g/mol. The minimum absolute atomic E-state index is 0.343. The number of esters is 1. The minimum Gasteiger partial charge on any atom is -0.464 e. The van der Waals surface area contributed by atoms with E-state index in [0.29, 0.717) is 11.4 Å². The molecule has 0 aliphatic rings. The Morgan fingerprint density at radius 2 is 2.50 bits per heavy atom. The van der Waals surface area contributed by atoms with Gasteiger partial charge in [-0.15, -0.1) is 0 Å². The molecule has 12 heavy (non-hydrogen) atoms. The van der Waals surface area contributed by atoms with Crippen molar-refractivity contribution in [1.29, 1.82) is 0 Å². The molecule has 0 aromatic carbocycles. The Kier molecular flexibility index (Phi) is 2.75. The number of hydrogen-bond donors (Lipinski definition) is 1. The van der Waals surface area contributed by atoms with Gasteiger partial charge in [0.15, 0.2) is 5.69 Å². The Hall–Kier alpha value is -0.970. The van der Waals surface area contributed by atoms with Crippen molar-refractivity contribution < 1.29 is 9.53 Å². The van der Waals surface area contributed by atoms with Gasteiger partial charge in [0.2, 0.25) is 0 Å². The fourth-order valence-electron chi connectivity index (χ4n) is 0.922. The zero-order valence-electron chi connectivity index (χ0n) is 6.94. The quantitative estimate of drug-likeness (QED) is 0.544. The summed E-state index contributed by atoms with van der Waals surface area (Å²) in [6.45, 7) is 0. The highest BCUT2D eigenvalue weighted by atomic mass is 32.1. The van der Waals surface area contributed by atoms with Gasteiger partial charge < -0.3 is 4.74 Å². The lowest BCUT2D eigenvalue weighted by atomic mass is 10.3. The van der Waals surface area contributed by atoms with Crippen LogP contribution in [0.3, 0.4) is 0 Å². The number of nitrogens with zero attached hydrogens (tertiary/aromatic N) is 2. The lowest BCUT2D eigenvalue weighted by Crippen LogP contribution is -2.05. The van der Waals surface area contributed by atoms with Crippen LogP contribution in [0.1, 0.15) is 16.1 Å². The Morgan fingerprint density at radius 1 is 1.83 bits per heavy atom. The first kappa shape index (κ1) is 9.12. The minimum atomic E-state index is -0.417. The van der Waals surface area contributed by atoms with Gasteiger partial charge in [-0.3, -0.25) is 4.68 Å². The second-order valence-electron chi connectivity index (χ2n) is 2.33. The van der Waals surface area contributed by atoms with Crippen LogP contribution in [0.15, 0.2) is 6.20 Å². The molecule has 4 nitrogen and oxygen atoms in total. The van der Waals surface area contributed by atoms with E-state index in [9.17, 15) is 4.79 Å². The van der Waals surface area contributed by atoms with Crippen LogP contribution in [-0.2, 0) is 17.5 Å². The zero-order chi connectivity index (χ0) is 9.14. The molecule has 1 rings (SSSR count). The normalized spacial score (nSPS) is 9.92. The fraction of sp³-hybridized carbons (Fsp3) is 0.429. The van der Waals surface area contributed by atoms with E-state index in [1.807, 2.05) is 0 Å². The summed E-state index contributed by atoms with van der Waals surface area (Å²) in [6.07, 6.45) is 1.75. The monoisotopic (exact) mass is 186 g/mol. The van der Waals surface area contributed by atoms with Gasteiger partial charge in [0.05, 0.1) is 7.11 Å². The Labute approximate surface area is 75.9 Å². The molecule has 66 valence electrons. The fourth-order valence-corrected chi connectivity index (χ4v) is 1.15. The highest BCUT2D eigenvalue weighted by molar-refractivity contribution is 7.79. The van der Waals surface area contributed by atoms with Gasteiger partial charge in [-0.25, -0.2) is 4.79 Å². The topological polar surface area (TPSA) is 44.1 Å². The largest absolute Gasteiger partial charge is 0.464 e. The van der Waals surface area contributed by atoms with Crippen molar-refractivity contribution in [3.05, 3.63) is 17.5 Å². The van der Waals surface area contributed by atoms with Gasteiger partial charge in [0, 0.05) is 24.6 Å². The Bertz CT molecular complexity index is 296. The van der Waals surface area contributed by atoms with E-state index < -0.39 is 5.97 Å². The molecular formula is C7H10N2O2S. The van der Waals surface area contributed by atoms with Crippen molar-refractivity contribution in [2.24, 2.45) is 7.05 Å². The number of aryl methyl sites for hydroxylation is 1. The van der Waals surface area contributed by atoms with Crippen LogP contribution in [0.4, 0.5) is 0 Å². The number of methoxy groups -OCH3 is 1. The summed E-state index contributed by atoms with van der Waals surface area (Å²) in [5, 5.41) is 3.95. The van der Waals surface area contributed by atoms with Crippen molar-refractivity contribution in [3.63, 3.8) is 0 Å². The number of ether oxygens (including phenoxy) is 1. The maximum atomic E-state index is 11.1. The SMILES string of the molecule is COC(=O)c1nn(C)cc1CS. The average molecular weight is 186 g/mol. The predicted molar refractivity (Wildman–Crippen MR) is 47.2 cm³/mol. The van der Waals surface area contributed by atoms with Crippen LogP contribution in [0.5, 0.6) is 0 Å². The smallest absolute Gasteiger partial charge is 0.358 e. The van der Waals surface area contributed by atoms with E-state index in [-0.39, 0.29) is 0 Å². The van der Waals surface area contributed by atoms with Crippen LogP contribution in [-0.4, -0.2) is 22.9 Å². The molecule has 1 aromatic rings. The molecule has 5 heteroatoms. The maximum Gasteiger partial charge on any atom is 0.358 e. The standard InChI is InChI=1S/C7H10N2O2S/c1-9-3-5(4-12)6(8-9)7(10)11-2/h3,12H,4H2,1-2H3. The lowest BCUT2D eigenvalue weighted by Gasteiger charge is -1.95. The first-order valence-electron chi connectivity index (χ1n) is 3.40. The molecule has 1 heterocycles. The van der Waals surface area contributed by atoms with E-state index in [1.165, 1.54) is 7.11 Å². The second-order valence-corrected chi connectivity index (χ2v) is 2.64. The van der Waals surface area contributed by atoms with Crippen molar-refractivity contribution in [3.8, 4) is 0 Å². The summed E-state index contributed by atoms with van der Waals surface area (Å²) in [6, 6.07) is 0. The molecule has 1 aromatic heterocycles. The van der Waals surface area contributed by atoms with Crippen molar-refractivity contribution in [2.75, 3.05) is 7.11 Å². The van der Waals surface area contributed by atoms with E-state index in [1.54, 1.807) is 17.9 Å². The molecule has 0 aliphatic carbocycles. The number of aromatic nitrogens is 2. The first-order chi connectivity index (χ1) is 5.69. The summed E-state index contributed by atoms with van der Waals surface area (Å²) in [5.41, 5.74) is 1.13. The lowest BCUT2D eigenvalue weighted by molar-refractivity contribution is 0.0592. The Balaban J connectivity index is 3.04.